The first-order valence-corrected chi connectivity index (χ1v) is 8.00. The van der Waals surface area contributed by atoms with E-state index in [9.17, 15) is 18.0 Å². The van der Waals surface area contributed by atoms with E-state index in [1.807, 2.05) is 24.3 Å². The van der Waals surface area contributed by atoms with Crippen molar-refractivity contribution in [2.45, 2.75) is 16.3 Å². The summed E-state index contributed by atoms with van der Waals surface area (Å²) in [5, 5.41) is 8.71. The van der Waals surface area contributed by atoms with Crippen LogP contribution in [0.2, 0.25) is 0 Å². The molecule has 2 N–H and O–H groups in total. The summed E-state index contributed by atoms with van der Waals surface area (Å²) in [6.07, 6.45) is -4.95. The largest absolute Gasteiger partial charge is 0.471 e. The Kier molecular flexibility index (Phi) is 4.22. The minimum atomic E-state index is -4.95. The van der Waals surface area contributed by atoms with Crippen molar-refractivity contribution in [2.24, 2.45) is 0 Å². The zero-order chi connectivity index (χ0) is 16.4. The number of imidazole rings is 1. The molecule has 2 aromatic heterocycles. The Morgan fingerprint density at radius 1 is 1.30 bits per heavy atom. The molecule has 0 aliphatic carbocycles. The Hall–Kier alpha value is -2.14. The highest BCUT2D eigenvalue weighted by molar-refractivity contribution is 8.00. The van der Waals surface area contributed by atoms with Gasteiger partial charge in [0.1, 0.15) is 5.82 Å². The lowest BCUT2D eigenvalue weighted by atomic mass is 10.3. The van der Waals surface area contributed by atoms with Gasteiger partial charge in [0.15, 0.2) is 4.34 Å². The maximum absolute atomic E-state index is 12.1. The number of aromatic nitrogens is 4. The molecule has 0 atom stereocenters. The molecule has 0 saturated carbocycles. The number of para-hydroxylation sites is 2. The zero-order valence-corrected chi connectivity index (χ0v) is 12.8. The number of rotatable bonds is 4. The lowest BCUT2D eigenvalue weighted by Gasteiger charge is -2.03. The number of H-pyrrole nitrogens is 1. The van der Waals surface area contributed by atoms with E-state index in [4.69, 9.17) is 0 Å². The molecule has 11 heteroatoms. The molecule has 0 saturated heterocycles. The predicted octanol–water partition coefficient (Wildman–Crippen LogP) is 3.21. The number of fused-ring (bicyclic) bond motifs is 1. The topological polar surface area (TPSA) is 83.6 Å². The van der Waals surface area contributed by atoms with Gasteiger partial charge in [-0.15, -0.1) is 10.2 Å². The molecule has 0 radical (unpaired) electrons. The van der Waals surface area contributed by atoms with E-state index >= 15 is 0 Å². The van der Waals surface area contributed by atoms with E-state index in [-0.39, 0.29) is 5.13 Å². The van der Waals surface area contributed by atoms with Crippen molar-refractivity contribution in [2.75, 3.05) is 5.32 Å². The van der Waals surface area contributed by atoms with Crippen LogP contribution in [0.1, 0.15) is 5.82 Å². The number of thioether (sulfide) groups is 1. The minimum absolute atomic E-state index is 0.195. The molecule has 0 fully saturated rings. The first-order valence-electron chi connectivity index (χ1n) is 6.20. The summed E-state index contributed by atoms with van der Waals surface area (Å²) in [6, 6.07) is 7.53. The highest BCUT2D eigenvalue weighted by Gasteiger charge is 2.39. The number of anilines is 1. The molecule has 120 valence electrons. The number of alkyl halides is 3. The molecule has 0 spiro atoms. The number of amides is 1. The van der Waals surface area contributed by atoms with Gasteiger partial charge in [-0.1, -0.05) is 35.2 Å². The standard InChI is InChI=1S/C12H8F3N5OS2/c13-12(14,15)9(21)18-10-19-20-11(23-10)22-5-8-16-6-3-1-2-4-7(6)17-8/h1-4H,5H2,(H,16,17)(H,18,19,21). The van der Waals surface area contributed by atoms with Gasteiger partial charge in [0.25, 0.3) is 0 Å². The van der Waals surface area contributed by atoms with Gasteiger partial charge in [-0.25, -0.2) is 4.98 Å². The predicted molar refractivity (Wildman–Crippen MR) is 80.2 cm³/mol. The Morgan fingerprint density at radius 2 is 2.09 bits per heavy atom. The highest BCUT2D eigenvalue weighted by atomic mass is 32.2. The fourth-order valence-corrected chi connectivity index (χ4v) is 3.31. The number of hydrogen-bond donors (Lipinski definition) is 2. The molecule has 3 aromatic rings. The first-order chi connectivity index (χ1) is 10.9. The van der Waals surface area contributed by atoms with Crippen LogP contribution in [0, 0.1) is 0 Å². The van der Waals surface area contributed by atoms with Crippen LogP contribution >= 0.6 is 23.1 Å². The van der Waals surface area contributed by atoms with Crippen molar-refractivity contribution in [1.29, 1.82) is 0 Å². The molecule has 2 heterocycles. The van der Waals surface area contributed by atoms with E-state index in [0.29, 0.717) is 15.9 Å². The molecule has 1 amide bonds. The van der Waals surface area contributed by atoms with Gasteiger partial charge in [0.05, 0.1) is 16.8 Å². The first kappa shape index (κ1) is 15.7. The molecular weight excluding hydrogens is 351 g/mol. The van der Waals surface area contributed by atoms with E-state index in [1.54, 1.807) is 5.32 Å². The van der Waals surface area contributed by atoms with Crippen LogP contribution in [0.3, 0.4) is 0 Å². The van der Waals surface area contributed by atoms with Crippen molar-refractivity contribution >= 4 is 45.2 Å². The fraction of sp³-hybridized carbons (Fsp3) is 0.167. The Labute approximate surface area is 135 Å². The number of hydrogen-bond acceptors (Lipinski definition) is 6. The lowest BCUT2D eigenvalue weighted by molar-refractivity contribution is -0.167. The van der Waals surface area contributed by atoms with Gasteiger partial charge in [0.2, 0.25) is 5.13 Å². The Bertz CT molecular complexity index is 811. The monoisotopic (exact) mass is 359 g/mol. The van der Waals surface area contributed by atoms with E-state index in [2.05, 4.69) is 20.2 Å². The van der Waals surface area contributed by atoms with Crippen LogP contribution < -0.4 is 5.32 Å². The maximum Gasteiger partial charge on any atom is 0.471 e. The molecule has 0 aliphatic rings. The average molecular weight is 359 g/mol. The Balaban J connectivity index is 1.62. The summed E-state index contributed by atoms with van der Waals surface area (Å²) in [6.45, 7) is 0. The molecule has 6 nitrogen and oxygen atoms in total. The van der Waals surface area contributed by atoms with Gasteiger partial charge >= 0.3 is 12.1 Å². The minimum Gasteiger partial charge on any atom is -0.341 e. The molecular formula is C12H8F3N5OS2. The van der Waals surface area contributed by atoms with Crippen LogP contribution in [0.25, 0.3) is 11.0 Å². The van der Waals surface area contributed by atoms with Gasteiger partial charge in [0, 0.05) is 0 Å². The lowest BCUT2D eigenvalue weighted by Crippen LogP contribution is -2.29. The average Bonchev–Trinajstić information content (AvgIpc) is 3.09. The van der Waals surface area contributed by atoms with Crippen molar-refractivity contribution in [1.82, 2.24) is 20.2 Å². The van der Waals surface area contributed by atoms with Crippen LogP contribution in [-0.2, 0) is 10.5 Å². The molecule has 0 aliphatic heterocycles. The summed E-state index contributed by atoms with van der Waals surface area (Å²) in [4.78, 5) is 18.3. The van der Waals surface area contributed by atoms with E-state index < -0.39 is 12.1 Å². The van der Waals surface area contributed by atoms with Gasteiger partial charge in [-0.2, -0.15) is 13.2 Å². The fourth-order valence-electron chi connectivity index (χ4n) is 1.69. The molecule has 1 aromatic carbocycles. The number of nitrogens with one attached hydrogen (secondary N) is 2. The summed E-state index contributed by atoms with van der Waals surface area (Å²) in [7, 11) is 0. The SMILES string of the molecule is O=C(Nc1nnc(SCc2nc3ccccc3[nH]2)s1)C(F)(F)F. The number of carbonyl (C=O) groups is 1. The second-order valence-corrected chi connectivity index (χ2v) is 6.51. The molecule has 0 unspecified atom stereocenters. The van der Waals surface area contributed by atoms with Crippen molar-refractivity contribution in [3.8, 4) is 0 Å². The quantitative estimate of drug-likeness (QED) is 0.552. The van der Waals surface area contributed by atoms with Crippen LogP contribution in [-0.4, -0.2) is 32.2 Å². The number of carbonyl (C=O) groups excluding carboxylic acids is 1. The number of nitrogens with zero attached hydrogens (tertiary/aromatic N) is 3. The zero-order valence-electron chi connectivity index (χ0n) is 11.2. The summed E-state index contributed by atoms with van der Waals surface area (Å²) < 4.78 is 36.9. The van der Waals surface area contributed by atoms with Crippen molar-refractivity contribution < 1.29 is 18.0 Å². The summed E-state index contributed by atoms with van der Waals surface area (Å²) in [5.41, 5.74) is 1.73. The molecule has 0 bridgehead atoms. The van der Waals surface area contributed by atoms with Crippen LogP contribution in [0.15, 0.2) is 28.6 Å². The second-order valence-electron chi connectivity index (χ2n) is 4.31. The van der Waals surface area contributed by atoms with E-state index in [0.717, 1.165) is 22.4 Å². The highest BCUT2D eigenvalue weighted by Crippen LogP contribution is 2.29. The Morgan fingerprint density at radius 3 is 2.83 bits per heavy atom. The normalized spacial score (nSPS) is 11.8. The number of benzene rings is 1. The van der Waals surface area contributed by atoms with Gasteiger partial charge in [-0.05, 0) is 12.1 Å². The number of halogens is 3. The second kappa shape index (κ2) is 6.16. The summed E-state index contributed by atoms with van der Waals surface area (Å²) >= 11 is 2.13. The van der Waals surface area contributed by atoms with Crippen molar-refractivity contribution in [3.05, 3.63) is 30.1 Å². The van der Waals surface area contributed by atoms with Crippen LogP contribution in [0.5, 0.6) is 0 Å². The van der Waals surface area contributed by atoms with E-state index in [1.165, 1.54) is 11.8 Å². The maximum atomic E-state index is 12.1. The number of aromatic amines is 1. The summed E-state index contributed by atoms with van der Waals surface area (Å²) in [5.74, 6) is -0.897. The smallest absolute Gasteiger partial charge is 0.341 e. The third kappa shape index (κ3) is 3.79. The third-order valence-corrected chi connectivity index (χ3v) is 4.64. The van der Waals surface area contributed by atoms with Crippen LogP contribution in [0.4, 0.5) is 18.3 Å². The van der Waals surface area contributed by atoms with Gasteiger partial charge < -0.3 is 4.98 Å². The van der Waals surface area contributed by atoms with Gasteiger partial charge in [-0.3, -0.25) is 10.1 Å². The third-order valence-electron chi connectivity index (χ3n) is 2.66. The molecule has 23 heavy (non-hydrogen) atoms. The molecule has 3 rings (SSSR count). The van der Waals surface area contributed by atoms with Crippen molar-refractivity contribution in [3.63, 3.8) is 0 Å².